The van der Waals surface area contributed by atoms with Crippen molar-refractivity contribution in [1.29, 1.82) is 5.26 Å². The van der Waals surface area contributed by atoms with Crippen LogP contribution in [-0.4, -0.2) is 25.7 Å². The molecule has 0 aromatic heterocycles. The predicted octanol–water partition coefficient (Wildman–Crippen LogP) is 7.25. The van der Waals surface area contributed by atoms with Crippen molar-refractivity contribution in [2.24, 2.45) is 0 Å². The molecule has 186 valence electrons. The van der Waals surface area contributed by atoms with Crippen molar-refractivity contribution >= 4 is 17.7 Å². The number of aryl methyl sites for hydroxylation is 2. The van der Waals surface area contributed by atoms with E-state index < -0.39 is 5.97 Å². The van der Waals surface area contributed by atoms with Crippen LogP contribution in [-0.2, 0) is 22.4 Å². The van der Waals surface area contributed by atoms with Crippen LogP contribution < -0.4 is 4.90 Å². The second-order valence-corrected chi connectivity index (χ2v) is 10.1. The maximum Gasteiger partial charge on any atom is 0.349 e. The number of nitrogens with zero attached hydrogens (tertiary/aromatic N) is 2. The Bertz CT molecular complexity index is 1050. The molecule has 0 aliphatic carbocycles. The number of ether oxygens (including phenoxy) is 1. The highest BCUT2D eigenvalue weighted by Gasteiger charge is 2.24. The summed E-state index contributed by atoms with van der Waals surface area (Å²) >= 11 is 0. The van der Waals surface area contributed by atoms with Gasteiger partial charge in [-0.3, -0.25) is 0 Å². The fourth-order valence-electron chi connectivity index (χ4n) is 4.89. The second-order valence-electron chi connectivity index (χ2n) is 10.1. The highest BCUT2D eigenvalue weighted by Crippen LogP contribution is 2.36. The molecule has 2 aliphatic heterocycles. The molecule has 2 heterocycles. The van der Waals surface area contributed by atoms with Gasteiger partial charge in [0.1, 0.15) is 18.2 Å². The Morgan fingerprint density at radius 2 is 1.57 bits per heavy atom. The quantitative estimate of drug-likeness (QED) is 0.156. The minimum absolute atomic E-state index is 0.0570. The minimum Gasteiger partial charge on any atom is -0.457 e. The van der Waals surface area contributed by atoms with Crippen molar-refractivity contribution in [3.05, 3.63) is 69.3 Å². The highest BCUT2D eigenvalue weighted by atomic mass is 16.5. The third kappa shape index (κ3) is 7.99. The Balaban J connectivity index is 1.53. The zero-order valence-electron chi connectivity index (χ0n) is 22.0. The first-order chi connectivity index (χ1) is 16.9. The van der Waals surface area contributed by atoms with E-state index in [1.54, 1.807) is 6.08 Å². The lowest BCUT2D eigenvalue weighted by atomic mass is 9.90. The highest BCUT2D eigenvalue weighted by molar-refractivity contribution is 5.98. The van der Waals surface area contributed by atoms with Gasteiger partial charge in [-0.25, -0.2) is 4.79 Å². The largest absolute Gasteiger partial charge is 0.457 e. The maximum absolute atomic E-state index is 12.6. The number of hydrogen-bond donors (Lipinski definition) is 0. The molecule has 4 nitrogen and oxygen atoms in total. The number of anilines is 1. The molecule has 0 spiro atoms. The van der Waals surface area contributed by atoms with Gasteiger partial charge in [-0.05, 0) is 120 Å². The van der Waals surface area contributed by atoms with E-state index in [1.165, 1.54) is 33.5 Å². The number of allylic oxidation sites excluding steroid dienone is 5. The van der Waals surface area contributed by atoms with E-state index in [1.807, 2.05) is 12.1 Å². The normalized spacial score (nSPS) is 15.9. The molecule has 4 heteroatoms. The van der Waals surface area contributed by atoms with E-state index in [0.29, 0.717) is 0 Å². The summed E-state index contributed by atoms with van der Waals surface area (Å²) in [5.74, 6) is -0.556. The summed E-state index contributed by atoms with van der Waals surface area (Å²) in [7, 11) is 0. The van der Waals surface area contributed by atoms with Gasteiger partial charge in [0.05, 0.1) is 0 Å². The average molecular weight is 473 g/mol. The Labute approximate surface area is 211 Å². The predicted molar refractivity (Wildman–Crippen MR) is 145 cm³/mol. The van der Waals surface area contributed by atoms with E-state index in [4.69, 9.17) is 4.74 Å². The molecule has 3 rings (SSSR count). The van der Waals surface area contributed by atoms with E-state index in [-0.39, 0.29) is 12.2 Å². The lowest BCUT2D eigenvalue weighted by molar-refractivity contribution is -0.137. The van der Waals surface area contributed by atoms with Crippen LogP contribution >= 0.6 is 0 Å². The molecule has 35 heavy (non-hydrogen) atoms. The SMILES string of the molecule is CC(C)=CCC/C(C)=C/CC/C(C)=C/COC(=O)/C(C#N)=C/c1cc2c3c(c1)CCCN3CCC2. The third-order valence-corrected chi connectivity index (χ3v) is 6.77. The van der Waals surface area contributed by atoms with Crippen LogP contribution in [0.15, 0.2) is 52.7 Å². The summed E-state index contributed by atoms with van der Waals surface area (Å²) in [5, 5.41) is 9.59. The summed E-state index contributed by atoms with van der Waals surface area (Å²) in [5.41, 5.74) is 9.01. The number of esters is 1. The summed E-state index contributed by atoms with van der Waals surface area (Å²) in [6, 6.07) is 6.32. The van der Waals surface area contributed by atoms with Crippen molar-refractivity contribution < 1.29 is 9.53 Å². The van der Waals surface area contributed by atoms with E-state index in [9.17, 15) is 10.1 Å². The Hall–Kier alpha value is -3.06. The number of nitriles is 1. The van der Waals surface area contributed by atoms with Crippen molar-refractivity contribution in [2.75, 3.05) is 24.6 Å². The summed E-state index contributed by atoms with van der Waals surface area (Å²) < 4.78 is 5.40. The molecular formula is C31H40N2O2. The molecule has 0 bridgehead atoms. The fourth-order valence-corrected chi connectivity index (χ4v) is 4.89. The van der Waals surface area contributed by atoms with E-state index in [2.05, 4.69) is 56.9 Å². The number of hydrogen-bond acceptors (Lipinski definition) is 4. The van der Waals surface area contributed by atoms with E-state index in [0.717, 1.165) is 70.0 Å². The standard InChI is InChI=1S/C31H40N2O2/c1-23(2)9-5-10-24(3)11-6-12-25(4)15-18-35-31(34)29(22-32)21-26-19-27-13-7-16-33-17-8-14-28(20-26)30(27)33/h9,11,15,19-21H,5-8,10,12-14,16-18H2,1-4H3/b24-11+,25-15+,29-21+. The molecule has 0 saturated heterocycles. The topological polar surface area (TPSA) is 53.3 Å². The van der Waals surface area contributed by atoms with Gasteiger partial charge in [0.2, 0.25) is 0 Å². The molecule has 0 fully saturated rings. The van der Waals surface area contributed by atoms with E-state index >= 15 is 0 Å². The molecule has 0 N–H and O–H groups in total. The number of benzene rings is 1. The average Bonchev–Trinajstić information content (AvgIpc) is 2.82. The molecule has 0 saturated carbocycles. The first kappa shape index (κ1) is 26.5. The van der Waals surface area contributed by atoms with Crippen LogP contribution in [0.4, 0.5) is 5.69 Å². The molecule has 1 aromatic rings. The van der Waals surface area contributed by atoms with Crippen molar-refractivity contribution in [2.45, 2.75) is 79.1 Å². The smallest absolute Gasteiger partial charge is 0.349 e. The second kappa shape index (κ2) is 13.1. The fraction of sp³-hybridized carbons (Fsp3) is 0.484. The first-order valence-corrected chi connectivity index (χ1v) is 13.0. The summed E-state index contributed by atoms with van der Waals surface area (Å²) in [6.07, 6.45) is 16.7. The summed E-state index contributed by atoms with van der Waals surface area (Å²) in [4.78, 5) is 15.0. The van der Waals surface area contributed by atoms with Gasteiger partial charge < -0.3 is 9.64 Å². The van der Waals surface area contributed by atoms with Crippen molar-refractivity contribution in [3.63, 3.8) is 0 Å². The molecule has 2 aliphatic rings. The number of carbonyl (C=O) groups excluding carboxylic acids is 1. The Kier molecular flexibility index (Phi) is 9.97. The molecule has 1 aromatic carbocycles. The molecule has 0 unspecified atom stereocenters. The van der Waals surface area contributed by atoms with Gasteiger partial charge >= 0.3 is 5.97 Å². The summed E-state index contributed by atoms with van der Waals surface area (Å²) in [6.45, 7) is 11.0. The van der Waals surface area contributed by atoms with Gasteiger partial charge in [-0.15, -0.1) is 0 Å². The maximum atomic E-state index is 12.6. The van der Waals surface area contributed by atoms with Crippen molar-refractivity contribution in [3.8, 4) is 6.07 Å². The van der Waals surface area contributed by atoms with Crippen LogP contribution in [0, 0.1) is 11.3 Å². The molecule has 0 atom stereocenters. The zero-order valence-corrected chi connectivity index (χ0v) is 22.0. The van der Waals surface area contributed by atoms with Gasteiger partial charge in [0.25, 0.3) is 0 Å². The number of carbonyl (C=O) groups is 1. The first-order valence-electron chi connectivity index (χ1n) is 13.0. The van der Waals surface area contributed by atoms with Crippen molar-refractivity contribution in [1.82, 2.24) is 0 Å². The Morgan fingerprint density at radius 1 is 0.971 bits per heavy atom. The third-order valence-electron chi connectivity index (χ3n) is 6.77. The van der Waals surface area contributed by atoms with Crippen LogP contribution in [0.5, 0.6) is 0 Å². The van der Waals surface area contributed by atoms with Crippen LogP contribution in [0.2, 0.25) is 0 Å². The lowest BCUT2D eigenvalue weighted by Crippen LogP contribution is -2.34. The van der Waals surface area contributed by atoms with Gasteiger partial charge in [-0.2, -0.15) is 5.26 Å². The van der Waals surface area contributed by atoms with Gasteiger partial charge in [0.15, 0.2) is 0 Å². The van der Waals surface area contributed by atoms with Gasteiger partial charge in [0, 0.05) is 18.8 Å². The molecular weight excluding hydrogens is 432 g/mol. The Morgan fingerprint density at radius 3 is 2.17 bits per heavy atom. The minimum atomic E-state index is -0.556. The van der Waals surface area contributed by atoms with Crippen LogP contribution in [0.3, 0.4) is 0 Å². The zero-order chi connectivity index (χ0) is 25.2. The van der Waals surface area contributed by atoms with Crippen LogP contribution in [0.25, 0.3) is 6.08 Å². The molecule has 0 radical (unpaired) electrons. The monoisotopic (exact) mass is 472 g/mol. The lowest BCUT2D eigenvalue weighted by Gasteiger charge is -2.37. The molecule has 0 amide bonds. The van der Waals surface area contributed by atoms with Gasteiger partial charge in [-0.1, -0.05) is 28.9 Å². The number of rotatable bonds is 10. The van der Waals surface area contributed by atoms with Crippen LogP contribution in [0.1, 0.15) is 82.9 Å².